The first-order valence-corrected chi connectivity index (χ1v) is 38.5. The van der Waals surface area contributed by atoms with E-state index in [1.165, 1.54) is 29.3 Å². The van der Waals surface area contributed by atoms with E-state index < -0.39 is 0 Å². The van der Waals surface area contributed by atoms with E-state index in [9.17, 15) is 0 Å². The maximum Gasteiger partial charge on any atom is 0.135 e. The molecule has 0 saturated heterocycles. The maximum atomic E-state index is 6.98. The lowest BCUT2D eigenvalue weighted by atomic mass is 9.88. The summed E-state index contributed by atoms with van der Waals surface area (Å²) in [5, 5.41) is 17.0. The molecule has 490 valence electrons. The molecule has 0 radical (unpaired) electrons. The number of methoxy groups -OCH3 is 4. The number of rotatable bonds is 14. The molecule has 9 aromatic heterocycles. The minimum atomic E-state index is 0.685. The molecule has 0 fully saturated rings. The standard InChI is InChI=1S/C88H58N4O4S6/c1-93-69-39-29-49-17-5-9-21-53(49)81(69)83-55-23-11-7-19-51(55)45-57(85(83)95-3)77-61-31-35-65(89-61)79(59-47-75(71-25-13-41-97-71)101-87(59)73-27-15-43-99-73)67-37-33-63(91-67)78(58-46-52-20-8-12-24-56(52)84(86(58)96-4)82-54-22-10-6-18-50(54)30-40-70(82)94-2)64-34-38-68(92-64)80(66-36-32-62(77)90-66)60-48-76(72-26-14-42-98-72)102-88(60)74-28-16-44-100-74/h5-48,89,92H,1-4H3. The Morgan fingerprint density at radius 1 is 0.275 bits per heavy atom. The smallest absolute Gasteiger partial charge is 0.135 e. The Morgan fingerprint density at radius 3 is 0.951 bits per heavy atom. The monoisotopic (exact) mass is 1430 g/mol. The number of aromatic amines is 2. The van der Waals surface area contributed by atoms with Gasteiger partial charge in [-0.15, -0.1) is 68.0 Å². The molecule has 8 nitrogen and oxygen atoms in total. The van der Waals surface area contributed by atoms with Gasteiger partial charge in [-0.25, -0.2) is 9.97 Å². The number of hydrogen-bond acceptors (Lipinski definition) is 12. The van der Waals surface area contributed by atoms with Crippen molar-refractivity contribution in [2.75, 3.05) is 28.4 Å². The third-order valence-electron chi connectivity index (χ3n) is 19.4. The fourth-order valence-electron chi connectivity index (χ4n) is 15.1. The molecule has 8 aromatic carbocycles. The third kappa shape index (κ3) is 10.2. The zero-order chi connectivity index (χ0) is 68.1. The molecule has 2 N–H and O–H groups in total. The molecular weight excluding hydrogens is 1370 g/mol. The summed E-state index contributed by atoms with van der Waals surface area (Å²) in [5.74, 6) is 2.84. The molecule has 102 heavy (non-hydrogen) atoms. The Hall–Kier alpha value is -11.2. The second-order valence-corrected chi connectivity index (χ2v) is 30.8. The third-order valence-corrected chi connectivity index (χ3v) is 25.9. The van der Waals surface area contributed by atoms with Crippen molar-refractivity contribution < 1.29 is 18.9 Å². The molecule has 2 aliphatic heterocycles. The van der Waals surface area contributed by atoms with Gasteiger partial charge in [0.05, 0.1) is 61.0 Å². The fourth-order valence-corrected chi connectivity index (χ4v) is 20.8. The minimum absolute atomic E-state index is 0.685. The number of H-pyrrole nitrogens is 2. The molecule has 2 aliphatic rings. The zero-order valence-corrected chi connectivity index (χ0v) is 60.3. The summed E-state index contributed by atoms with van der Waals surface area (Å²) in [4.78, 5) is 29.7. The Labute approximate surface area is 611 Å². The lowest BCUT2D eigenvalue weighted by molar-refractivity contribution is 0.412. The van der Waals surface area contributed by atoms with Crippen LogP contribution in [0.5, 0.6) is 23.0 Å². The van der Waals surface area contributed by atoms with Crippen molar-refractivity contribution in [1.29, 1.82) is 0 Å². The summed E-state index contributed by atoms with van der Waals surface area (Å²) in [6.07, 6.45) is 8.77. The molecule has 19 rings (SSSR count). The van der Waals surface area contributed by atoms with Crippen LogP contribution in [0.25, 0.3) is 195 Å². The second kappa shape index (κ2) is 25.5. The van der Waals surface area contributed by atoms with Crippen LogP contribution in [-0.4, -0.2) is 48.4 Å². The van der Waals surface area contributed by atoms with Crippen LogP contribution >= 0.6 is 68.0 Å². The summed E-state index contributed by atoms with van der Waals surface area (Å²) >= 11 is 10.6. The van der Waals surface area contributed by atoms with Gasteiger partial charge in [0.15, 0.2) is 0 Å². The lowest BCUT2D eigenvalue weighted by Crippen LogP contribution is -1.98. The Kier molecular flexibility index (Phi) is 15.4. The SMILES string of the molecule is COc1ccc2ccccc2c1-c1c(OC)c(-c2c3nc(c(-c4cc(-c5cccs5)sc4-c4cccs4)c4ccc([nH]4)c(-c4cc5ccccc5c(-c5c(OC)ccc6ccccc56)c4OC)c4nc(c(-c5cc(-c6cccs6)sc5-c5cccs5)c5ccc2[nH]5)C=C4)C=C3)cc2ccccc12. The van der Waals surface area contributed by atoms with E-state index in [0.717, 1.165) is 176 Å². The molecule has 17 aromatic rings. The van der Waals surface area contributed by atoms with Gasteiger partial charge in [0.1, 0.15) is 23.0 Å². The van der Waals surface area contributed by atoms with Crippen molar-refractivity contribution >= 4 is 157 Å². The number of hydrogen-bond donors (Lipinski definition) is 2. The number of aromatic nitrogens is 4. The molecular formula is C88H58N4O4S6. The van der Waals surface area contributed by atoms with Crippen LogP contribution < -0.4 is 18.9 Å². The van der Waals surface area contributed by atoms with E-state index in [-0.39, 0.29) is 0 Å². The van der Waals surface area contributed by atoms with Gasteiger partial charge >= 0.3 is 0 Å². The average molecular weight is 1430 g/mol. The van der Waals surface area contributed by atoms with Crippen LogP contribution in [0.3, 0.4) is 0 Å². The normalized spacial score (nSPS) is 12.0. The molecule has 8 bridgehead atoms. The Bertz CT molecular complexity index is 6050. The number of nitrogens with zero attached hydrogens (tertiary/aromatic N) is 2. The number of nitrogens with one attached hydrogen (secondary N) is 2. The summed E-state index contributed by atoms with van der Waals surface area (Å²) in [6, 6.07) is 78.2. The summed E-state index contributed by atoms with van der Waals surface area (Å²) < 4.78 is 26.7. The van der Waals surface area contributed by atoms with E-state index >= 15 is 0 Å². The first-order valence-electron chi connectivity index (χ1n) is 33.3. The van der Waals surface area contributed by atoms with Gasteiger partial charge in [-0.1, -0.05) is 133 Å². The highest BCUT2D eigenvalue weighted by atomic mass is 32.1. The van der Waals surface area contributed by atoms with Crippen LogP contribution in [0.1, 0.15) is 22.8 Å². The first-order chi connectivity index (χ1) is 50.4. The molecule has 14 heteroatoms. The van der Waals surface area contributed by atoms with Gasteiger partial charge in [0.2, 0.25) is 0 Å². The van der Waals surface area contributed by atoms with E-state index in [1.54, 1.807) is 73.8 Å². The summed E-state index contributed by atoms with van der Waals surface area (Å²) in [5.41, 5.74) is 17.6. The zero-order valence-electron chi connectivity index (χ0n) is 55.4. The predicted octanol–water partition coefficient (Wildman–Crippen LogP) is 26.3. The minimum Gasteiger partial charge on any atom is -0.496 e. The largest absolute Gasteiger partial charge is 0.496 e. The van der Waals surface area contributed by atoms with E-state index in [2.05, 4.69) is 274 Å². The fraction of sp³-hybridized carbons (Fsp3) is 0.0455. The van der Waals surface area contributed by atoms with Gasteiger partial charge in [-0.3, -0.25) is 0 Å². The van der Waals surface area contributed by atoms with Gasteiger partial charge in [0, 0.05) is 118 Å². The van der Waals surface area contributed by atoms with Crippen LogP contribution in [0.15, 0.2) is 240 Å². The average Bonchev–Trinajstić information content (AvgIpc) is 0.949. The highest BCUT2D eigenvalue weighted by Gasteiger charge is 2.30. The molecule has 0 atom stereocenters. The van der Waals surface area contributed by atoms with Crippen LogP contribution in [-0.2, 0) is 0 Å². The van der Waals surface area contributed by atoms with Crippen molar-refractivity contribution in [3.05, 3.63) is 263 Å². The number of ether oxygens (including phenoxy) is 4. The van der Waals surface area contributed by atoms with E-state index in [1.807, 2.05) is 22.7 Å². The molecule has 0 saturated carbocycles. The highest BCUT2D eigenvalue weighted by Crippen LogP contribution is 2.56. The lowest BCUT2D eigenvalue weighted by Gasteiger charge is -2.21. The van der Waals surface area contributed by atoms with Gasteiger partial charge in [0.25, 0.3) is 0 Å². The quantitative estimate of drug-likeness (QED) is 0.113. The van der Waals surface area contributed by atoms with E-state index in [4.69, 9.17) is 28.9 Å². The Morgan fingerprint density at radius 2 is 0.608 bits per heavy atom. The van der Waals surface area contributed by atoms with Crippen molar-refractivity contribution in [3.8, 4) is 129 Å². The van der Waals surface area contributed by atoms with Gasteiger partial charge in [-0.05, 0) is 174 Å². The van der Waals surface area contributed by atoms with Crippen LogP contribution in [0.4, 0.5) is 0 Å². The molecule has 0 spiro atoms. The summed E-state index contributed by atoms with van der Waals surface area (Å²) in [6.45, 7) is 0. The van der Waals surface area contributed by atoms with Crippen molar-refractivity contribution in [2.45, 2.75) is 0 Å². The first kappa shape index (κ1) is 61.9. The molecule has 0 unspecified atom stereocenters. The van der Waals surface area contributed by atoms with Crippen molar-refractivity contribution in [1.82, 2.24) is 19.9 Å². The maximum absolute atomic E-state index is 6.98. The predicted molar refractivity (Wildman–Crippen MR) is 437 cm³/mol. The number of thiophene rings is 6. The van der Waals surface area contributed by atoms with Crippen molar-refractivity contribution in [2.24, 2.45) is 0 Å². The van der Waals surface area contributed by atoms with Crippen molar-refractivity contribution in [3.63, 3.8) is 0 Å². The van der Waals surface area contributed by atoms with Gasteiger partial charge in [-0.2, -0.15) is 0 Å². The molecule has 0 amide bonds. The Balaban J connectivity index is 0.999. The van der Waals surface area contributed by atoms with Crippen LogP contribution in [0, 0.1) is 0 Å². The second-order valence-electron chi connectivity index (χ2n) is 25.0. The number of fused-ring (bicyclic) bond motifs is 12. The topological polar surface area (TPSA) is 94.3 Å². The molecule has 0 aliphatic carbocycles. The van der Waals surface area contributed by atoms with E-state index in [0.29, 0.717) is 11.5 Å². The number of benzene rings is 8. The highest BCUT2D eigenvalue weighted by molar-refractivity contribution is 7.27. The van der Waals surface area contributed by atoms with Gasteiger partial charge < -0.3 is 28.9 Å². The summed E-state index contributed by atoms with van der Waals surface area (Å²) in [7, 11) is 7.07. The van der Waals surface area contributed by atoms with Crippen LogP contribution in [0.2, 0.25) is 0 Å². The molecule has 11 heterocycles.